The fraction of sp³-hybridized carbons (Fsp3) is 0.500. The summed E-state index contributed by atoms with van der Waals surface area (Å²) in [5, 5.41) is 5.53. The van der Waals surface area contributed by atoms with Gasteiger partial charge in [0.2, 0.25) is 0 Å². The van der Waals surface area contributed by atoms with Crippen molar-refractivity contribution in [3.05, 3.63) is 26.3 Å². The van der Waals surface area contributed by atoms with Crippen LogP contribution in [0.1, 0.15) is 36.2 Å². The summed E-state index contributed by atoms with van der Waals surface area (Å²) < 4.78 is 34.0. The number of aromatic nitrogens is 3. The highest BCUT2D eigenvalue weighted by Gasteiger charge is 2.33. The number of carbonyl (C=O) groups is 1. The molecule has 25 heavy (non-hydrogen) atoms. The molecule has 0 atom stereocenters. The van der Waals surface area contributed by atoms with E-state index in [1.54, 1.807) is 26.2 Å². The number of hydrogen-bond acceptors (Lipinski definition) is 7. The van der Waals surface area contributed by atoms with Gasteiger partial charge in [-0.1, -0.05) is 0 Å². The molecule has 1 fully saturated rings. The normalized spacial score (nSPS) is 14.5. The number of nitrogens with one attached hydrogen (secondary N) is 1. The van der Waals surface area contributed by atoms with Gasteiger partial charge < -0.3 is 4.74 Å². The Hall–Kier alpha value is -2.14. The van der Waals surface area contributed by atoms with E-state index in [9.17, 15) is 18.0 Å². The van der Waals surface area contributed by atoms with Gasteiger partial charge in [0, 0.05) is 10.9 Å². The summed E-state index contributed by atoms with van der Waals surface area (Å²) in [5.41, 5.74) is -0.175. The third kappa shape index (κ3) is 3.21. The van der Waals surface area contributed by atoms with Crippen LogP contribution in [-0.2, 0) is 10.0 Å². The van der Waals surface area contributed by atoms with E-state index in [2.05, 4.69) is 5.10 Å². The summed E-state index contributed by atoms with van der Waals surface area (Å²) in [6.45, 7) is 5.30. The summed E-state index contributed by atoms with van der Waals surface area (Å²) in [6.07, 6.45) is 1.58. The molecule has 0 unspecified atom stereocenters. The summed E-state index contributed by atoms with van der Waals surface area (Å²) in [6, 6.07) is -1.17. The molecule has 1 saturated carbocycles. The monoisotopic (exact) mass is 386 g/mol. The number of rotatable bonds is 5. The number of carbonyl (C=O) groups excluding carboxylic acids is 1. The maximum atomic E-state index is 12.5. The molecule has 0 aromatic carbocycles. The first kappa shape index (κ1) is 17.7. The Balaban J connectivity index is 1.94. The molecule has 136 valence electrons. The Morgan fingerprint density at radius 2 is 2.12 bits per heavy atom. The van der Waals surface area contributed by atoms with E-state index in [1.807, 2.05) is 4.72 Å². The first-order valence-electron chi connectivity index (χ1n) is 7.72. The summed E-state index contributed by atoms with van der Waals surface area (Å²) >= 11 is 1.27. The van der Waals surface area contributed by atoms with Gasteiger partial charge in [0.15, 0.2) is 0 Å². The third-order valence-electron chi connectivity index (χ3n) is 3.74. The number of thiophene rings is 1. The van der Waals surface area contributed by atoms with E-state index < -0.39 is 21.7 Å². The molecular formula is C14H18N4O5S2. The second-order valence-corrected chi connectivity index (χ2v) is 8.43. The van der Waals surface area contributed by atoms with Crippen molar-refractivity contribution in [2.45, 2.75) is 44.6 Å². The van der Waals surface area contributed by atoms with Crippen molar-refractivity contribution in [2.75, 3.05) is 6.61 Å². The molecule has 9 nitrogen and oxygen atoms in total. The van der Waals surface area contributed by atoms with Gasteiger partial charge in [0.25, 0.3) is 10.0 Å². The molecule has 0 radical (unpaired) electrons. The highest BCUT2D eigenvalue weighted by molar-refractivity contribution is 7.90. The van der Waals surface area contributed by atoms with Crippen LogP contribution in [0, 0.1) is 13.8 Å². The molecule has 1 N–H and O–H groups in total. The molecule has 1 aliphatic carbocycles. The molecule has 0 saturated heterocycles. The van der Waals surface area contributed by atoms with Crippen LogP contribution in [0.2, 0.25) is 0 Å². The van der Waals surface area contributed by atoms with E-state index in [-0.39, 0.29) is 23.6 Å². The second-order valence-electron chi connectivity index (χ2n) is 5.73. The molecule has 11 heteroatoms. The number of hydrogen-bond donors (Lipinski definition) is 1. The minimum Gasteiger partial charge on any atom is -0.464 e. The zero-order valence-corrected chi connectivity index (χ0v) is 15.6. The Kier molecular flexibility index (Phi) is 4.45. The molecular weight excluding hydrogens is 368 g/mol. The highest BCUT2D eigenvalue weighted by atomic mass is 32.2. The molecule has 1 amide bonds. The second kappa shape index (κ2) is 6.30. The van der Waals surface area contributed by atoms with Crippen molar-refractivity contribution in [1.82, 2.24) is 19.1 Å². The molecule has 0 spiro atoms. The van der Waals surface area contributed by atoms with Gasteiger partial charge in [0.05, 0.1) is 6.61 Å². The topological polar surface area (TPSA) is 112 Å². The molecule has 2 aromatic heterocycles. The van der Waals surface area contributed by atoms with Crippen molar-refractivity contribution in [2.24, 2.45) is 0 Å². The quantitative estimate of drug-likeness (QED) is 0.831. The lowest BCUT2D eigenvalue weighted by Crippen LogP contribution is -2.40. The lowest BCUT2D eigenvalue weighted by molar-refractivity contribution is 0.242. The van der Waals surface area contributed by atoms with Gasteiger partial charge >= 0.3 is 17.7 Å². The largest absolute Gasteiger partial charge is 0.464 e. The van der Waals surface area contributed by atoms with Crippen LogP contribution in [0.25, 0.3) is 0 Å². The average molecular weight is 386 g/mol. The van der Waals surface area contributed by atoms with Gasteiger partial charge in [-0.3, -0.25) is 0 Å². The Labute approximate surface area is 148 Å². The average Bonchev–Trinajstić information content (AvgIpc) is 3.21. The lowest BCUT2D eigenvalue weighted by Gasteiger charge is -2.06. The van der Waals surface area contributed by atoms with Crippen LogP contribution < -0.4 is 15.1 Å². The Morgan fingerprint density at radius 1 is 1.44 bits per heavy atom. The number of amides is 1. The fourth-order valence-electron chi connectivity index (χ4n) is 2.54. The van der Waals surface area contributed by atoms with Crippen molar-refractivity contribution in [1.29, 1.82) is 0 Å². The minimum absolute atomic E-state index is 0.0189. The van der Waals surface area contributed by atoms with Crippen molar-refractivity contribution < 1.29 is 17.9 Å². The van der Waals surface area contributed by atoms with Gasteiger partial charge in [0.1, 0.15) is 4.90 Å². The zero-order chi connectivity index (χ0) is 18.4. The lowest BCUT2D eigenvalue weighted by atomic mass is 10.3. The number of aryl methyl sites for hydroxylation is 2. The summed E-state index contributed by atoms with van der Waals surface area (Å²) in [4.78, 5) is 25.4. The van der Waals surface area contributed by atoms with Crippen LogP contribution in [-0.4, -0.2) is 35.4 Å². The molecule has 1 aliphatic rings. The standard InChI is InChI=1S/C14H18N4O5S2/c1-4-23-13-15-18(14(20)17(13)10-5-6-10)12(19)16-25(21,22)11-8(2)7-24-9(11)3/h7,10H,4-6H2,1-3H3,(H,16,19). The van der Waals surface area contributed by atoms with Gasteiger partial charge in [-0.2, -0.15) is 0 Å². The van der Waals surface area contributed by atoms with E-state index in [0.717, 1.165) is 12.8 Å². The first-order chi connectivity index (χ1) is 11.8. The maximum Gasteiger partial charge on any atom is 0.360 e. The van der Waals surface area contributed by atoms with Crippen LogP contribution in [0.5, 0.6) is 6.01 Å². The molecule has 3 rings (SSSR count). The Morgan fingerprint density at radius 3 is 2.64 bits per heavy atom. The summed E-state index contributed by atoms with van der Waals surface area (Å²) in [7, 11) is -4.10. The SMILES string of the molecule is CCOc1nn(C(=O)NS(=O)(=O)c2c(C)csc2C)c(=O)n1C1CC1. The van der Waals surface area contributed by atoms with Crippen molar-refractivity contribution in [3.63, 3.8) is 0 Å². The maximum absolute atomic E-state index is 12.5. The molecule has 2 heterocycles. The number of sulfonamides is 1. The molecule has 0 bridgehead atoms. The number of ether oxygens (including phenoxy) is 1. The zero-order valence-electron chi connectivity index (χ0n) is 14.0. The van der Waals surface area contributed by atoms with Crippen LogP contribution >= 0.6 is 11.3 Å². The molecule has 0 aliphatic heterocycles. The van der Waals surface area contributed by atoms with Gasteiger partial charge in [-0.25, -0.2) is 27.3 Å². The third-order valence-corrected chi connectivity index (χ3v) is 6.50. The van der Waals surface area contributed by atoms with Crippen LogP contribution in [0.15, 0.2) is 15.1 Å². The first-order valence-corrected chi connectivity index (χ1v) is 10.1. The fourth-order valence-corrected chi connectivity index (χ4v) is 5.10. The van der Waals surface area contributed by atoms with Crippen LogP contribution in [0.3, 0.4) is 0 Å². The van der Waals surface area contributed by atoms with Gasteiger partial charge in [-0.05, 0) is 44.6 Å². The van der Waals surface area contributed by atoms with Crippen LogP contribution in [0.4, 0.5) is 4.79 Å². The van der Waals surface area contributed by atoms with E-state index in [4.69, 9.17) is 4.74 Å². The predicted molar refractivity (Wildman–Crippen MR) is 90.8 cm³/mol. The highest BCUT2D eigenvalue weighted by Crippen LogP contribution is 2.36. The van der Waals surface area contributed by atoms with Gasteiger partial charge in [-0.15, -0.1) is 21.1 Å². The van der Waals surface area contributed by atoms with Crippen molar-refractivity contribution in [3.8, 4) is 6.01 Å². The Bertz CT molecular complexity index is 962. The van der Waals surface area contributed by atoms with E-state index in [1.165, 1.54) is 15.9 Å². The minimum atomic E-state index is -4.10. The van der Waals surface area contributed by atoms with E-state index in [0.29, 0.717) is 15.1 Å². The summed E-state index contributed by atoms with van der Waals surface area (Å²) in [5.74, 6) is 0. The number of nitrogens with zero attached hydrogens (tertiary/aromatic N) is 3. The molecule has 2 aromatic rings. The van der Waals surface area contributed by atoms with E-state index >= 15 is 0 Å². The predicted octanol–water partition coefficient (Wildman–Crippen LogP) is 1.40. The smallest absolute Gasteiger partial charge is 0.360 e. The van der Waals surface area contributed by atoms with Crippen molar-refractivity contribution >= 4 is 27.4 Å².